The Bertz CT molecular complexity index is 935. The first-order chi connectivity index (χ1) is 14.6. The number of rotatable bonds is 6. The molecule has 0 aromatic heterocycles. The minimum atomic E-state index is -0.560. The molecule has 30 heavy (non-hydrogen) atoms. The highest BCUT2D eigenvalue weighted by Crippen LogP contribution is 2.44. The van der Waals surface area contributed by atoms with Gasteiger partial charge in [-0.05, 0) is 54.3 Å². The van der Waals surface area contributed by atoms with Gasteiger partial charge in [0, 0.05) is 36.7 Å². The van der Waals surface area contributed by atoms with Crippen LogP contribution < -0.4 is 5.73 Å². The molecule has 2 aromatic carbocycles. The molecule has 1 fully saturated rings. The van der Waals surface area contributed by atoms with Gasteiger partial charge in [0.2, 0.25) is 0 Å². The van der Waals surface area contributed by atoms with Crippen molar-refractivity contribution >= 4 is 22.8 Å². The van der Waals surface area contributed by atoms with Crippen LogP contribution in [0.2, 0.25) is 0 Å². The molecule has 0 radical (unpaired) electrons. The Hall–Kier alpha value is -2.27. The number of nitrogens with zero attached hydrogens (tertiary/aromatic N) is 1. The third-order valence-electron chi connectivity index (χ3n) is 6.37. The van der Waals surface area contributed by atoms with Crippen molar-refractivity contribution in [1.29, 1.82) is 0 Å². The number of piperidine rings is 1. The summed E-state index contributed by atoms with van der Waals surface area (Å²) in [6.07, 6.45) is 10.7. The number of nitrogen functional groups attached to an aromatic ring is 1. The summed E-state index contributed by atoms with van der Waals surface area (Å²) in [7, 11) is 1.84. The predicted octanol–water partition coefficient (Wildman–Crippen LogP) is 5.42. The molecule has 0 bridgehead atoms. The van der Waals surface area contributed by atoms with Crippen LogP contribution in [0.3, 0.4) is 0 Å². The molecule has 2 aliphatic rings. The van der Waals surface area contributed by atoms with Crippen LogP contribution in [-0.2, 0) is 16.9 Å². The third-order valence-corrected chi connectivity index (χ3v) is 6.68. The minimum Gasteiger partial charge on any atom is -0.399 e. The van der Waals surface area contributed by atoms with Crippen LogP contribution in [0.4, 0.5) is 5.69 Å². The molecule has 1 saturated heterocycles. The number of nitrogens with two attached hydrogens (primary N) is 1. The monoisotopic (exact) mass is 418 g/mol. The highest BCUT2D eigenvalue weighted by atomic mass is 32.1. The van der Waals surface area contributed by atoms with E-state index in [2.05, 4.69) is 65.6 Å². The van der Waals surface area contributed by atoms with Crippen molar-refractivity contribution in [2.45, 2.75) is 43.9 Å². The zero-order chi connectivity index (χ0) is 21.0. The zero-order valence-corrected chi connectivity index (χ0v) is 18.4. The van der Waals surface area contributed by atoms with Gasteiger partial charge in [0.1, 0.15) is 5.60 Å². The average Bonchev–Trinajstić information content (AvgIpc) is 2.78. The first-order valence-electron chi connectivity index (χ1n) is 10.7. The fraction of sp³-hybridized carbons (Fsp3) is 0.346. The molecular weight excluding hydrogens is 388 g/mol. The van der Waals surface area contributed by atoms with Crippen molar-refractivity contribution < 1.29 is 4.74 Å². The summed E-state index contributed by atoms with van der Waals surface area (Å²) >= 11 is 5.42. The summed E-state index contributed by atoms with van der Waals surface area (Å²) in [6, 6.07) is 19.1. The number of allylic oxidation sites excluding steroid dienone is 2. The Morgan fingerprint density at radius 2 is 1.83 bits per heavy atom. The van der Waals surface area contributed by atoms with Gasteiger partial charge in [0.25, 0.3) is 0 Å². The summed E-state index contributed by atoms with van der Waals surface area (Å²) in [5, 5.41) is 0. The van der Waals surface area contributed by atoms with Crippen molar-refractivity contribution in [3.63, 3.8) is 0 Å². The second-order valence-corrected chi connectivity index (χ2v) is 8.72. The maximum Gasteiger partial charge on any atom is 0.133 e. The van der Waals surface area contributed by atoms with Gasteiger partial charge in [-0.15, -0.1) is 0 Å². The van der Waals surface area contributed by atoms with Crippen LogP contribution in [-0.4, -0.2) is 29.5 Å². The molecule has 0 amide bonds. The Kier molecular flexibility index (Phi) is 6.47. The highest BCUT2D eigenvalue weighted by Gasteiger charge is 2.47. The summed E-state index contributed by atoms with van der Waals surface area (Å²) in [5.41, 5.74) is 9.89. The molecule has 1 aliphatic heterocycles. The fourth-order valence-corrected chi connectivity index (χ4v) is 5.07. The van der Waals surface area contributed by atoms with E-state index in [1.54, 1.807) is 0 Å². The van der Waals surface area contributed by atoms with E-state index in [0.29, 0.717) is 0 Å². The standard InChI is InChI=1S/C26H30N2OS/c1-29-26(21-10-14-23(27)15-11-21,22-12-16-24(30)17-13-22)25-9-5-6-18-28(25)19-20-7-3-2-4-8-20/h2-4,7-8,10-16,25H,5-6,9,17-19,27H2,1H3. The molecule has 4 heteroatoms. The molecule has 2 N–H and O–H groups in total. The van der Waals surface area contributed by atoms with E-state index in [1.807, 2.05) is 19.2 Å². The fourth-order valence-electron chi connectivity index (χ4n) is 4.92. The molecule has 0 spiro atoms. The van der Waals surface area contributed by atoms with Crippen LogP contribution in [0.5, 0.6) is 0 Å². The molecule has 1 heterocycles. The SMILES string of the molecule is COC(C1=CCC(=S)C=C1)(c1ccc(N)cc1)C1CCCCN1Cc1ccccc1. The molecule has 4 rings (SSSR count). The lowest BCUT2D eigenvalue weighted by atomic mass is 9.74. The van der Waals surface area contributed by atoms with Gasteiger partial charge >= 0.3 is 0 Å². The molecule has 2 aromatic rings. The van der Waals surface area contributed by atoms with E-state index in [1.165, 1.54) is 24.0 Å². The van der Waals surface area contributed by atoms with Crippen LogP contribution in [0.25, 0.3) is 0 Å². The first-order valence-corrected chi connectivity index (χ1v) is 11.1. The maximum absolute atomic E-state index is 6.50. The van der Waals surface area contributed by atoms with Gasteiger partial charge in [0.15, 0.2) is 0 Å². The highest BCUT2D eigenvalue weighted by molar-refractivity contribution is 7.80. The second kappa shape index (κ2) is 9.25. The number of likely N-dealkylation sites (tertiary alicyclic amines) is 1. The van der Waals surface area contributed by atoms with E-state index in [-0.39, 0.29) is 6.04 Å². The summed E-state index contributed by atoms with van der Waals surface area (Å²) < 4.78 is 6.50. The van der Waals surface area contributed by atoms with Gasteiger partial charge in [-0.2, -0.15) is 0 Å². The molecular formula is C26H30N2OS. The Balaban J connectivity index is 1.79. The first kappa shape index (κ1) is 21.0. The van der Waals surface area contributed by atoms with Crippen molar-refractivity contribution in [2.75, 3.05) is 19.4 Å². The van der Waals surface area contributed by atoms with E-state index >= 15 is 0 Å². The Morgan fingerprint density at radius 3 is 2.50 bits per heavy atom. The van der Waals surface area contributed by atoms with Gasteiger partial charge < -0.3 is 10.5 Å². The lowest BCUT2D eigenvalue weighted by Gasteiger charge is -2.49. The molecule has 156 valence electrons. The molecule has 3 nitrogen and oxygen atoms in total. The van der Waals surface area contributed by atoms with Gasteiger partial charge in [-0.3, -0.25) is 4.90 Å². The number of hydrogen-bond donors (Lipinski definition) is 1. The van der Waals surface area contributed by atoms with Crippen molar-refractivity contribution in [3.05, 3.63) is 89.5 Å². The maximum atomic E-state index is 6.50. The summed E-state index contributed by atoms with van der Waals surface area (Å²) in [6.45, 7) is 1.98. The average molecular weight is 419 g/mol. The third kappa shape index (κ3) is 4.13. The van der Waals surface area contributed by atoms with Crippen molar-refractivity contribution in [2.24, 2.45) is 0 Å². The van der Waals surface area contributed by atoms with E-state index < -0.39 is 5.60 Å². The lowest BCUT2D eigenvalue weighted by Crippen LogP contribution is -2.54. The minimum absolute atomic E-state index is 0.225. The van der Waals surface area contributed by atoms with Gasteiger partial charge in [-0.1, -0.05) is 73.3 Å². The Labute approximate surface area is 185 Å². The summed E-state index contributed by atoms with van der Waals surface area (Å²) in [5.74, 6) is 0. The number of benzene rings is 2. The zero-order valence-electron chi connectivity index (χ0n) is 17.6. The van der Waals surface area contributed by atoms with Crippen LogP contribution in [0.1, 0.15) is 36.8 Å². The number of methoxy groups -OCH3 is 1. The van der Waals surface area contributed by atoms with Crippen LogP contribution >= 0.6 is 12.2 Å². The molecule has 2 atom stereocenters. The van der Waals surface area contributed by atoms with Crippen LogP contribution in [0.15, 0.2) is 78.4 Å². The van der Waals surface area contributed by atoms with Gasteiger partial charge in [0.05, 0.1) is 0 Å². The van der Waals surface area contributed by atoms with Crippen molar-refractivity contribution in [1.82, 2.24) is 4.90 Å². The second-order valence-electron chi connectivity index (χ2n) is 8.19. The predicted molar refractivity (Wildman–Crippen MR) is 128 cm³/mol. The number of anilines is 1. The lowest BCUT2D eigenvalue weighted by molar-refractivity contribution is -0.0716. The molecule has 0 saturated carbocycles. The molecule has 2 unspecified atom stereocenters. The van der Waals surface area contributed by atoms with Gasteiger partial charge in [-0.25, -0.2) is 0 Å². The number of thiocarbonyl (C=S) groups is 1. The normalized spacial score (nSPS) is 21.8. The molecule has 1 aliphatic carbocycles. The van der Waals surface area contributed by atoms with Crippen LogP contribution in [0, 0.1) is 0 Å². The van der Waals surface area contributed by atoms with E-state index in [4.69, 9.17) is 22.7 Å². The quantitative estimate of drug-likeness (QED) is 0.502. The van der Waals surface area contributed by atoms with E-state index in [0.717, 1.165) is 42.0 Å². The Morgan fingerprint density at radius 1 is 1.07 bits per heavy atom. The van der Waals surface area contributed by atoms with Crippen molar-refractivity contribution in [3.8, 4) is 0 Å². The largest absolute Gasteiger partial charge is 0.399 e. The van der Waals surface area contributed by atoms with E-state index in [9.17, 15) is 0 Å². The summed E-state index contributed by atoms with van der Waals surface area (Å²) in [4.78, 5) is 3.56. The topological polar surface area (TPSA) is 38.5 Å². The number of ether oxygens (including phenoxy) is 1. The smallest absolute Gasteiger partial charge is 0.133 e. The number of hydrogen-bond acceptors (Lipinski definition) is 4.